The van der Waals surface area contributed by atoms with Crippen molar-refractivity contribution in [3.8, 4) is 0 Å². The smallest absolute Gasteiger partial charge is 0.330 e. The van der Waals surface area contributed by atoms with Gasteiger partial charge in [-0.2, -0.15) is 0 Å². The van der Waals surface area contributed by atoms with E-state index in [1.807, 2.05) is 0 Å². The van der Waals surface area contributed by atoms with Crippen molar-refractivity contribution < 1.29 is 29.3 Å². The van der Waals surface area contributed by atoms with Gasteiger partial charge in [-0.1, -0.05) is 39.3 Å². The highest BCUT2D eigenvalue weighted by Crippen LogP contribution is 2.24. The second-order valence-electron chi connectivity index (χ2n) is 5.44. The van der Waals surface area contributed by atoms with Crippen LogP contribution in [0.25, 0.3) is 0 Å². The van der Waals surface area contributed by atoms with Gasteiger partial charge in [0.05, 0.1) is 12.2 Å². The van der Waals surface area contributed by atoms with Gasteiger partial charge in [0.15, 0.2) is 0 Å². The predicted molar refractivity (Wildman–Crippen MR) is 90.6 cm³/mol. The number of unbranched alkanes of at least 4 members (excludes halogenated alkanes) is 2. The molecule has 2 atom stereocenters. The molecule has 0 aromatic carbocycles. The van der Waals surface area contributed by atoms with Crippen molar-refractivity contribution >= 4 is 11.9 Å². The lowest BCUT2D eigenvalue weighted by Crippen LogP contribution is -2.25. The number of rotatable bonds is 14. The lowest BCUT2D eigenvalue weighted by atomic mass is 9.90. The zero-order chi connectivity index (χ0) is 18.4. The van der Waals surface area contributed by atoms with Crippen LogP contribution < -0.4 is 0 Å². The lowest BCUT2D eigenvalue weighted by Gasteiger charge is -2.22. The minimum atomic E-state index is -0.855. The van der Waals surface area contributed by atoms with Crippen LogP contribution >= 0.6 is 0 Å². The molecule has 0 aromatic heterocycles. The molecule has 0 heterocycles. The monoisotopic (exact) mass is 340 g/mol. The molecule has 0 aliphatic heterocycles. The van der Waals surface area contributed by atoms with Crippen LogP contribution in [0.4, 0.5) is 0 Å². The molecule has 0 amide bonds. The van der Waals surface area contributed by atoms with Crippen molar-refractivity contribution in [2.75, 3.05) is 13.2 Å². The van der Waals surface area contributed by atoms with Gasteiger partial charge in [0.1, 0.15) is 13.2 Å². The lowest BCUT2D eigenvalue weighted by molar-refractivity contribution is -0.141. The van der Waals surface area contributed by atoms with Crippen LogP contribution in [0.15, 0.2) is 25.3 Å². The Morgan fingerprint density at radius 2 is 1.38 bits per heavy atom. The average molecular weight is 340 g/mol. The first-order valence-electron chi connectivity index (χ1n) is 8.00. The molecular weight excluding hydrogens is 312 g/mol. The van der Waals surface area contributed by atoms with Crippen LogP contribution in [0.5, 0.6) is 0 Å². The second kappa shape index (κ2) is 13.7. The minimum absolute atomic E-state index is 0.134. The van der Waals surface area contributed by atoms with Crippen molar-refractivity contribution in [3.05, 3.63) is 38.2 Å². The molecule has 6 nitrogen and oxygen atoms in total. The Hall–Kier alpha value is -1.66. The Bertz CT molecular complexity index is 361. The van der Waals surface area contributed by atoms with Crippen molar-refractivity contribution in [1.29, 1.82) is 0 Å². The molecule has 2 unspecified atom stereocenters. The standard InChI is InChI=1S/C18H28O6/c1-4-7-8-9-14(10-15(19)12-23-17(21)5-2)11-16(20)13-24-18(22)6-3/h5-6,15-16,19-20H,1-4,7-13H2. The summed E-state index contributed by atoms with van der Waals surface area (Å²) in [5, 5.41) is 19.9. The molecule has 0 rings (SSSR count). The normalized spacial score (nSPS) is 13.2. The van der Waals surface area contributed by atoms with E-state index in [4.69, 9.17) is 9.47 Å². The molecule has 0 aliphatic carbocycles. The number of carbonyl (C=O) groups is 2. The van der Waals surface area contributed by atoms with Crippen molar-refractivity contribution in [3.63, 3.8) is 0 Å². The Kier molecular flexibility index (Phi) is 12.8. The number of aliphatic hydroxyl groups excluding tert-OH is 2. The van der Waals surface area contributed by atoms with Gasteiger partial charge >= 0.3 is 11.9 Å². The van der Waals surface area contributed by atoms with Crippen molar-refractivity contribution in [2.45, 2.75) is 50.7 Å². The molecule has 136 valence electrons. The molecule has 2 N–H and O–H groups in total. The first-order valence-corrected chi connectivity index (χ1v) is 8.00. The summed E-state index contributed by atoms with van der Waals surface area (Å²) in [5.41, 5.74) is 0. The number of hydrogen-bond acceptors (Lipinski definition) is 6. The van der Waals surface area contributed by atoms with Gasteiger partial charge in [-0.05, 0) is 25.2 Å². The van der Waals surface area contributed by atoms with Crippen LogP contribution in [-0.2, 0) is 19.1 Å². The molecule has 0 fully saturated rings. The van der Waals surface area contributed by atoms with Gasteiger partial charge in [0.2, 0.25) is 0 Å². The van der Waals surface area contributed by atoms with E-state index in [0.29, 0.717) is 19.3 Å². The van der Waals surface area contributed by atoms with Gasteiger partial charge in [0, 0.05) is 12.2 Å². The predicted octanol–water partition coefficient (Wildman–Crippen LogP) is 1.92. The number of aliphatic hydroxyl groups is 2. The number of carbonyl (C=O) groups excluding carboxylic acids is 2. The maximum Gasteiger partial charge on any atom is 0.330 e. The largest absolute Gasteiger partial charge is 0.460 e. The van der Waals surface area contributed by atoms with Crippen LogP contribution in [0.3, 0.4) is 0 Å². The molecular formula is C18H28O6. The van der Waals surface area contributed by atoms with E-state index >= 15 is 0 Å². The van der Waals surface area contributed by atoms with E-state index in [1.54, 1.807) is 0 Å². The Balaban J connectivity index is 4.38. The summed E-state index contributed by atoms with van der Waals surface area (Å²) in [5.74, 6) is -0.263. The molecule has 0 spiro atoms. The fraction of sp³-hybridized carbons (Fsp3) is 0.556. The maximum absolute atomic E-state index is 11.0. The molecule has 24 heavy (non-hydrogen) atoms. The number of ether oxygens (including phenoxy) is 2. The van der Waals surface area contributed by atoms with E-state index < -0.39 is 24.1 Å². The molecule has 0 aromatic rings. The number of esters is 2. The van der Waals surface area contributed by atoms with E-state index in [-0.39, 0.29) is 13.2 Å². The Morgan fingerprint density at radius 1 is 0.917 bits per heavy atom. The topological polar surface area (TPSA) is 93.1 Å². The molecule has 0 saturated carbocycles. The van der Waals surface area contributed by atoms with Crippen LogP contribution in [-0.4, -0.2) is 47.6 Å². The molecule has 0 aliphatic rings. The fourth-order valence-electron chi connectivity index (χ4n) is 2.10. The molecule has 2 radical (unpaired) electrons. The third-order valence-electron chi connectivity index (χ3n) is 3.25. The van der Waals surface area contributed by atoms with Crippen molar-refractivity contribution in [2.24, 2.45) is 0 Å². The first kappa shape index (κ1) is 22.3. The van der Waals surface area contributed by atoms with E-state index in [1.165, 1.54) is 0 Å². The summed E-state index contributed by atoms with van der Waals surface area (Å²) in [6, 6.07) is 0. The minimum Gasteiger partial charge on any atom is -0.460 e. The summed E-state index contributed by atoms with van der Waals surface area (Å²) in [4.78, 5) is 22.0. The van der Waals surface area contributed by atoms with Gasteiger partial charge < -0.3 is 19.7 Å². The zero-order valence-corrected chi connectivity index (χ0v) is 14.1. The Labute approximate surface area is 144 Å². The van der Waals surface area contributed by atoms with Crippen LogP contribution in [0.2, 0.25) is 0 Å². The summed E-state index contributed by atoms with van der Waals surface area (Å²) >= 11 is 0. The molecule has 0 bridgehead atoms. The highest BCUT2D eigenvalue weighted by Gasteiger charge is 2.20. The van der Waals surface area contributed by atoms with E-state index in [2.05, 4.69) is 20.1 Å². The maximum atomic E-state index is 11.0. The van der Waals surface area contributed by atoms with Gasteiger partial charge in [0.25, 0.3) is 0 Å². The highest BCUT2D eigenvalue weighted by atomic mass is 16.5. The average Bonchev–Trinajstić information content (AvgIpc) is 2.57. The summed E-state index contributed by atoms with van der Waals surface area (Å²) in [6.45, 7) is 10.1. The van der Waals surface area contributed by atoms with Gasteiger partial charge in [-0.25, -0.2) is 9.59 Å². The molecule has 6 heteroatoms. The quantitative estimate of drug-likeness (QED) is 0.285. The third kappa shape index (κ3) is 11.8. The Morgan fingerprint density at radius 3 is 1.75 bits per heavy atom. The van der Waals surface area contributed by atoms with E-state index in [9.17, 15) is 19.8 Å². The second-order valence-corrected chi connectivity index (χ2v) is 5.44. The van der Waals surface area contributed by atoms with Crippen molar-refractivity contribution in [1.82, 2.24) is 0 Å². The van der Waals surface area contributed by atoms with Gasteiger partial charge in [-0.3, -0.25) is 0 Å². The summed E-state index contributed by atoms with van der Waals surface area (Å²) in [7, 11) is 0. The summed E-state index contributed by atoms with van der Waals surface area (Å²) in [6.07, 6.45) is 4.30. The van der Waals surface area contributed by atoms with Crippen LogP contribution in [0, 0.1) is 12.8 Å². The highest BCUT2D eigenvalue weighted by molar-refractivity contribution is 5.81. The third-order valence-corrected chi connectivity index (χ3v) is 3.25. The van der Waals surface area contributed by atoms with Gasteiger partial charge in [-0.15, -0.1) is 0 Å². The molecule has 0 saturated heterocycles. The van der Waals surface area contributed by atoms with Crippen LogP contribution in [0.1, 0.15) is 38.5 Å². The number of hydrogen-bond donors (Lipinski definition) is 2. The zero-order valence-electron chi connectivity index (χ0n) is 14.1. The van der Waals surface area contributed by atoms with E-state index in [0.717, 1.165) is 37.3 Å². The summed E-state index contributed by atoms with van der Waals surface area (Å²) < 4.78 is 9.61. The SMILES string of the molecule is [CH2]CCCC[C](CC(O)COC(=O)C=C)CC(O)COC(=O)C=C. The fourth-order valence-corrected chi connectivity index (χ4v) is 2.10. The first-order chi connectivity index (χ1) is 11.4.